The average molecular weight is 397 g/mol. The van der Waals surface area contributed by atoms with E-state index < -0.39 is 5.41 Å². The van der Waals surface area contributed by atoms with Gasteiger partial charge in [-0.3, -0.25) is 4.79 Å². The van der Waals surface area contributed by atoms with Gasteiger partial charge in [0, 0.05) is 30.0 Å². The Hall–Kier alpha value is -2.40. The lowest BCUT2D eigenvalue weighted by Gasteiger charge is -2.28. The molecule has 2 heterocycles. The van der Waals surface area contributed by atoms with Crippen LogP contribution < -0.4 is 5.32 Å². The summed E-state index contributed by atoms with van der Waals surface area (Å²) in [6.45, 7) is 2.62. The van der Waals surface area contributed by atoms with Crippen molar-refractivity contribution in [2.45, 2.75) is 50.9 Å². The van der Waals surface area contributed by atoms with Crippen LogP contribution in [0.15, 0.2) is 42.7 Å². The van der Waals surface area contributed by atoms with Crippen molar-refractivity contribution in [2.75, 3.05) is 6.54 Å². The Morgan fingerprint density at radius 3 is 2.75 bits per heavy atom. The summed E-state index contributed by atoms with van der Waals surface area (Å²) in [5, 5.41) is 8.29. The number of aromatic nitrogens is 3. The number of halogens is 1. The first-order valence-electron chi connectivity index (χ1n) is 9.92. The predicted molar refractivity (Wildman–Crippen MR) is 111 cm³/mol. The molecule has 1 aliphatic rings. The number of carbonyl (C=O) groups is 1. The van der Waals surface area contributed by atoms with Crippen molar-refractivity contribution in [1.29, 1.82) is 0 Å². The van der Waals surface area contributed by atoms with Gasteiger partial charge in [0.05, 0.1) is 11.1 Å². The summed E-state index contributed by atoms with van der Waals surface area (Å²) in [6.07, 6.45) is 9.62. The Bertz CT molecular complexity index is 974. The predicted octanol–water partition coefficient (Wildman–Crippen LogP) is 4.25. The molecular formula is C22H25ClN4O. The SMILES string of the molecule is Cc1cc2ncc(CCCNC(=O)C3(c4ccc(Cl)cc4)CCCC3)cn2n1. The number of fused-ring (bicyclic) bond motifs is 1. The second kappa shape index (κ2) is 7.92. The number of benzene rings is 1. The summed E-state index contributed by atoms with van der Waals surface area (Å²) in [6, 6.07) is 9.72. The van der Waals surface area contributed by atoms with Gasteiger partial charge in [0.2, 0.25) is 5.91 Å². The third-order valence-electron chi connectivity index (χ3n) is 5.71. The molecule has 5 nitrogen and oxygen atoms in total. The summed E-state index contributed by atoms with van der Waals surface area (Å²) in [5.74, 6) is 0.142. The fraction of sp³-hybridized carbons (Fsp3) is 0.409. The van der Waals surface area contributed by atoms with E-state index in [1.54, 1.807) is 0 Å². The van der Waals surface area contributed by atoms with Gasteiger partial charge in [-0.2, -0.15) is 5.10 Å². The first kappa shape index (κ1) is 18.9. The zero-order chi connectivity index (χ0) is 19.6. The molecule has 0 spiro atoms. The molecule has 0 bridgehead atoms. The van der Waals surface area contributed by atoms with E-state index in [-0.39, 0.29) is 5.91 Å². The maximum atomic E-state index is 13.1. The molecule has 0 unspecified atom stereocenters. The van der Waals surface area contributed by atoms with E-state index >= 15 is 0 Å². The Kier molecular flexibility index (Phi) is 5.36. The van der Waals surface area contributed by atoms with Gasteiger partial charge in [-0.05, 0) is 55.9 Å². The number of nitrogens with one attached hydrogen (secondary N) is 1. The van der Waals surface area contributed by atoms with Gasteiger partial charge in [-0.25, -0.2) is 9.50 Å². The van der Waals surface area contributed by atoms with Crippen LogP contribution in [-0.2, 0) is 16.6 Å². The first-order chi connectivity index (χ1) is 13.6. The Morgan fingerprint density at radius 1 is 1.25 bits per heavy atom. The van der Waals surface area contributed by atoms with E-state index in [9.17, 15) is 4.79 Å². The van der Waals surface area contributed by atoms with E-state index in [0.29, 0.717) is 11.6 Å². The molecule has 0 radical (unpaired) electrons. The quantitative estimate of drug-likeness (QED) is 0.633. The minimum Gasteiger partial charge on any atom is -0.355 e. The van der Waals surface area contributed by atoms with Crippen molar-refractivity contribution < 1.29 is 4.79 Å². The molecule has 1 aliphatic carbocycles. The molecule has 28 heavy (non-hydrogen) atoms. The second-order valence-electron chi connectivity index (χ2n) is 7.71. The third kappa shape index (κ3) is 3.76. The van der Waals surface area contributed by atoms with Crippen LogP contribution in [0.2, 0.25) is 5.02 Å². The Morgan fingerprint density at radius 2 is 2.00 bits per heavy atom. The van der Waals surface area contributed by atoms with Crippen molar-refractivity contribution in [3.8, 4) is 0 Å². The standard InChI is InChI=1S/C22H25ClN4O/c1-16-13-20-25-14-17(15-27(20)26-16)5-4-12-24-21(28)22(10-2-3-11-22)18-6-8-19(23)9-7-18/h6-9,13-15H,2-5,10-12H2,1H3,(H,24,28). The zero-order valence-electron chi connectivity index (χ0n) is 16.1. The van der Waals surface area contributed by atoms with Gasteiger partial charge in [-0.1, -0.05) is 36.6 Å². The van der Waals surface area contributed by atoms with Gasteiger partial charge in [0.1, 0.15) is 0 Å². The molecule has 1 N–H and O–H groups in total. The smallest absolute Gasteiger partial charge is 0.230 e. The molecule has 0 atom stereocenters. The Balaban J connectivity index is 1.36. The maximum absolute atomic E-state index is 13.1. The fourth-order valence-corrected chi connectivity index (χ4v) is 4.35. The van der Waals surface area contributed by atoms with E-state index in [1.807, 2.05) is 54.2 Å². The van der Waals surface area contributed by atoms with E-state index in [0.717, 1.165) is 61.0 Å². The van der Waals surface area contributed by atoms with E-state index in [4.69, 9.17) is 11.6 Å². The van der Waals surface area contributed by atoms with Crippen molar-refractivity contribution in [1.82, 2.24) is 19.9 Å². The highest BCUT2D eigenvalue weighted by atomic mass is 35.5. The summed E-state index contributed by atoms with van der Waals surface area (Å²) >= 11 is 6.03. The van der Waals surface area contributed by atoms with Crippen LogP contribution >= 0.6 is 11.6 Å². The highest BCUT2D eigenvalue weighted by Gasteiger charge is 2.42. The van der Waals surface area contributed by atoms with Crippen LogP contribution in [0.5, 0.6) is 0 Å². The van der Waals surface area contributed by atoms with E-state index in [2.05, 4.69) is 15.4 Å². The summed E-state index contributed by atoms with van der Waals surface area (Å²) in [4.78, 5) is 17.5. The normalized spacial score (nSPS) is 15.8. The van der Waals surface area contributed by atoms with Gasteiger partial charge in [0.25, 0.3) is 0 Å². The molecule has 1 saturated carbocycles. The molecule has 4 rings (SSSR count). The number of carbonyl (C=O) groups excluding carboxylic acids is 1. The number of amides is 1. The molecule has 6 heteroatoms. The highest BCUT2D eigenvalue weighted by Crippen LogP contribution is 2.41. The van der Waals surface area contributed by atoms with Crippen LogP contribution in [-0.4, -0.2) is 27.0 Å². The van der Waals surface area contributed by atoms with Gasteiger partial charge in [-0.15, -0.1) is 0 Å². The average Bonchev–Trinajstić information content (AvgIpc) is 3.32. The fourth-order valence-electron chi connectivity index (χ4n) is 4.22. The summed E-state index contributed by atoms with van der Waals surface area (Å²) < 4.78 is 1.82. The number of rotatable bonds is 6. The van der Waals surface area contributed by atoms with Crippen molar-refractivity contribution >= 4 is 23.2 Å². The number of hydrogen-bond donors (Lipinski definition) is 1. The highest BCUT2D eigenvalue weighted by molar-refractivity contribution is 6.30. The largest absolute Gasteiger partial charge is 0.355 e. The summed E-state index contributed by atoms with van der Waals surface area (Å²) in [7, 11) is 0. The molecule has 0 saturated heterocycles. The van der Waals surface area contributed by atoms with Crippen molar-refractivity contribution in [3.05, 3.63) is 64.6 Å². The topological polar surface area (TPSA) is 59.3 Å². The first-order valence-corrected chi connectivity index (χ1v) is 10.3. The van der Waals surface area contributed by atoms with Gasteiger partial charge >= 0.3 is 0 Å². The zero-order valence-corrected chi connectivity index (χ0v) is 16.9. The lowest BCUT2D eigenvalue weighted by molar-refractivity contribution is -0.126. The molecule has 1 fully saturated rings. The molecule has 146 valence electrons. The lowest BCUT2D eigenvalue weighted by atomic mass is 9.78. The van der Waals surface area contributed by atoms with Crippen LogP contribution in [0.25, 0.3) is 5.65 Å². The molecule has 3 aromatic rings. The monoisotopic (exact) mass is 396 g/mol. The minimum absolute atomic E-state index is 0.142. The maximum Gasteiger partial charge on any atom is 0.230 e. The molecule has 0 aliphatic heterocycles. The number of aryl methyl sites for hydroxylation is 2. The van der Waals surface area contributed by atoms with Gasteiger partial charge in [0.15, 0.2) is 5.65 Å². The molecule has 1 aromatic carbocycles. The number of nitrogens with zero attached hydrogens (tertiary/aromatic N) is 3. The summed E-state index contributed by atoms with van der Waals surface area (Å²) in [5.41, 5.74) is 3.62. The van der Waals surface area contributed by atoms with Crippen LogP contribution in [0, 0.1) is 6.92 Å². The lowest BCUT2D eigenvalue weighted by Crippen LogP contribution is -2.43. The van der Waals surface area contributed by atoms with E-state index in [1.165, 1.54) is 0 Å². The molecule has 1 amide bonds. The van der Waals surface area contributed by atoms with Crippen molar-refractivity contribution in [3.63, 3.8) is 0 Å². The van der Waals surface area contributed by atoms with Crippen LogP contribution in [0.4, 0.5) is 0 Å². The second-order valence-corrected chi connectivity index (χ2v) is 8.14. The number of hydrogen-bond acceptors (Lipinski definition) is 3. The molecule has 2 aromatic heterocycles. The minimum atomic E-state index is -0.405. The van der Waals surface area contributed by atoms with Crippen molar-refractivity contribution in [2.24, 2.45) is 0 Å². The van der Waals surface area contributed by atoms with Crippen LogP contribution in [0.1, 0.15) is 48.9 Å². The third-order valence-corrected chi connectivity index (χ3v) is 5.96. The Labute approximate surface area is 170 Å². The molecular weight excluding hydrogens is 372 g/mol. The van der Waals surface area contributed by atoms with Crippen LogP contribution in [0.3, 0.4) is 0 Å². The van der Waals surface area contributed by atoms with Gasteiger partial charge < -0.3 is 5.32 Å².